The highest BCUT2D eigenvalue weighted by atomic mass is 19.1. The molecule has 0 radical (unpaired) electrons. The molecule has 0 heterocycles. The highest BCUT2D eigenvalue weighted by molar-refractivity contribution is 5.94. The van der Waals surface area contributed by atoms with E-state index in [0.29, 0.717) is 11.4 Å². The Morgan fingerprint density at radius 1 is 0.222 bits per heavy atom. The molecule has 4 aliphatic carbocycles. The van der Waals surface area contributed by atoms with Crippen LogP contribution in [0.1, 0.15) is 66.8 Å². The first-order chi connectivity index (χ1) is 53.3. The highest BCUT2D eigenvalue weighted by Gasteiger charge is 2.49. The minimum atomic E-state index is -0.821. The third-order valence-electron chi connectivity index (χ3n) is 22.9. The van der Waals surface area contributed by atoms with E-state index in [-0.39, 0.29) is 11.6 Å². The van der Waals surface area contributed by atoms with Crippen LogP contribution in [-0.2, 0) is 36.5 Å². The van der Waals surface area contributed by atoms with Crippen LogP contribution in [0.4, 0.5) is 42.9 Å². The predicted octanol–water partition coefficient (Wildman–Crippen LogP) is 26.4. The van der Waals surface area contributed by atoms with E-state index in [2.05, 4.69) is 328 Å². The van der Waals surface area contributed by atoms with Gasteiger partial charge >= 0.3 is 0 Å². The third-order valence-corrected chi connectivity index (χ3v) is 22.9. The first-order valence-electron chi connectivity index (χ1n) is 37.2. The number of para-hydroxylation sites is 2. The summed E-state index contributed by atoms with van der Waals surface area (Å²) in [6.45, 7) is 0. The molecule has 108 heavy (non-hydrogen) atoms. The maximum atomic E-state index is 16.9. The number of hydrogen-bond acceptors (Lipinski definition) is 4. The number of benzene rings is 16. The van der Waals surface area contributed by atoms with E-state index in [9.17, 15) is 0 Å². The molecule has 0 N–H and O–H groups in total. The molecule has 514 valence electrons. The third kappa shape index (κ3) is 10.8. The fraction of sp³-hybridized carbons (Fsp3) is 0.0588. The maximum absolute atomic E-state index is 16.9. The fourth-order valence-electron chi connectivity index (χ4n) is 17.5. The van der Waals surface area contributed by atoms with Crippen molar-refractivity contribution in [3.05, 3.63) is 455 Å². The van der Waals surface area contributed by atoms with Gasteiger partial charge in [-0.25, -0.2) is 8.78 Å². The summed E-state index contributed by atoms with van der Waals surface area (Å²) in [4.78, 5) is 4.08. The normalized spacial score (nSPS) is 15.2. The second kappa shape index (κ2) is 26.3. The SMILES string of the molecule is Fc1ccccc1N(c1ccc(-c2ccc(N(c3ccc4c(c3)C(c3ccccc3)(c3ccc(Oc5ccc6c(c5)CC6)cc3)c3cc(-c5ccccc5)ccc3-4)c3ccccc3F)cc2)cc1)c1ccc2c(c1)C(c1ccccc1)(c1ccc(Oc3ccc4c(c3)CC4)cc1)c1cc(-c3ccccc3)ccc1-2. The van der Waals surface area contributed by atoms with Crippen LogP contribution in [0, 0.1) is 11.6 Å². The van der Waals surface area contributed by atoms with Crippen molar-refractivity contribution in [2.45, 2.75) is 36.5 Å². The standard InChI is InChI=1S/C102H70F2N2O2/c103-97-25-13-15-27-99(97)105(83-49-59-91-89-57-39-75(67-17-5-1-6-18-67)63-93(89)101(95(91)65-83,77-21-9-3-10-22-77)79-41-53-85(54-42-79)107-87-51-37-71-29-31-73(71)61-87)81-45-33-69(34-46-81)70-35-47-82(48-36-70)106(100-28-16-14-26-98(100)104)84-50-60-92-90-58-40-76(68-19-7-2-8-20-68)64-94(90)102(96(92)66-84,78-23-11-4-12-24-78)80-43-55-86(56-44-80)108-88-52-38-72-30-32-74(72)62-88/h1-28,33-66H,29-32H2. The number of halogens is 2. The van der Waals surface area contributed by atoms with E-state index in [1.165, 1.54) is 34.4 Å². The van der Waals surface area contributed by atoms with Gasteiger partial charge in [-0.05, 0) is 282 Å². The first kappa shape index (κ1) is 64.2. The average Bonchev–Trinajstić information content (AvgIpc) is 1.53. The van der Waals surface area contributed by atoms with Gasteiger partial charge in [0.2, 0.25) is 0 Å². The predicted molar refractivity (Wildman–Crippen MR) is 434 cm³/mol. The molecule has 16 aromatic carbocycles. The van der Waals surface area contributed by atoms with Crippen molar-refractivity contribution in [3.8, 4) is 78.6 Å². The molecule has 6 heteroatoms. The van der Waals surface area contributed by atoms with Gasteiger partial charge < -0.3 is 19.3 Å². The molecule has 0 spiro atoms. The summed E-state index contributed by atoms with van der Waals surface area (Å²) in [5.74, 6) is 2.48. The number of fused-ring (bicyclic) bond motifs is 8. The minimum Gasteiger partial charge on any atom is -0.457 e. The van der Waals surface area contributed by atoms with Crippen molar-refractivity contribution >= 4 is 34.1 Å². The second-order valence-corrected chi connectivity index (χ2v) is 28.7. The van der Waals surface area contributed by atoms with Gasteiger partial charge in [0.15, 0.2) is 0 Å². The summed E-state index contributed by atoms with van der Waals surface area (Å²) in [6, 6.07) is 131. The highest BCUT2D eigenvalue weighted by Crippen LogP contribution is 2.61. The zero-order valence-electron chi connectivity index (χ0n) is 59.1. The van der Waals surface area contributed by atoms with Gasteiger partial charge in [-0.3, -0.25) is 0 Å². The molecule has 0 saturated carbocycles. The first-order valence-corrected chi connectivity index (χ1v) is 37.2. The van der Waals surface area contributed by atoms with Crippen molar-refractivity contribution in [3.63, 3.8) is 0 Å². The lowest BCUT2D eigenvalue weighted by atomic mass is 9.67. The zero-order chi connectivity index (χ0) is 71.9. The molecule has 16 aromatic rings. The van der Waals surface area contributed by atoms with E-state index in [0.717, 1.165) is 172 Å². The second-order valence-electron chi connectivity index (χ2n) is 28.7. The molecule has 20 rings (SSSR count). The zero-order valence-corrected chi connectivity index (χ0v) is 59.1. The molecule has 2 unspecified atom stereocenters. The van der Waals surface area contributed by atoms with Gasteiger partial charge in [-0.15, -0.1) is 0 Å². The molecular weight excluding hydrogens is 1320 g/mol. The Labute approximate surface area is 628 Å². The van der Waals surface area contributed by atoms with Crippen LogP contribution in [-0.4, -0.2) is 0 Å². The van der Waals surface area contributed by atoms with E-state index in [1.807, 2.05) is 34.1 Å². The lowest BCUT2D eigenvalue weighted by molar-refractivity contribution is 0.480. The molecular formula is C102H70F2N2O2. The Bertz CT molecular complexity index is 5750. The Kier molecular flexibility index (Phi) is 15.6. The quantitative estimate of drug-likeness (QED) is 0.0907. The monoisotopic (exact) mass is 1390 g/mol. The van der Waals surface area contributed by atoms with Crippen molar-refractivity contribution in [1.82, 2.24) is 0 Å². The maximum Gasteiger partial charge on any atom is 0.147 e. The van der Waals surface area contributed by atoms with Crippen LogP contribution in [0.5, 0.6) is 23.0 Å². The smallest absolute Gasteiger partial charge is 0.147 e. The molecule has 0 saturated heterocycles. The van der Waals surface area contributed by atoms with Gasteiger partial charge in [-0.2, -0.15) is 0 Å². The minimum absolute atomic E-state index is 0.351. The number of nitrogens with zero attached hydrogens (tertiary/aromatic N) is 2. The number of rotatable bonds is 17. The molecule has 0 aromatic heterocycles. The Hall–Kier alpha value is -13.4. The molecule has 0 fully saturated rings. The van der Waals surface area contributed by atoms with Gasteiger partial charge in [0.25, 0.3) is 0 Å². The number of aryl methyl sites for hydroxylation is 4. The van der Waals surface area contributed by atoms with Crippen LogP contribution in [0.15, 0.2) is 376 Å². The molecule has 0 amide bonds. The van der Waals surface area contributed by atoms with Crippen molar-refractivity contribution in [2.75, 3.05) is 9.80 Å². The molecule has 2 atom stereocenters. The summed E-state index contributed by atoms with van der Waals surface area (Å²) in [5.41, 5.74) is 27.5. The molecule has 4 nitrogen and oxygen atoms in total. The number of hydrogen-bond donors (Lipinski definition) is 0. The lowest BCUT2D eigenvalue weighted by Crippen LogP contribution is -2.29. The van der Waals surface area contributed by atoms with Crippen molar-refractivity contribution in [1.29, 1.82) is 0 Å². The summed E-state index contributed by atoms with van der Waals surface area (Å²) in [7, 11) is 0. The van der Waals surface area contributed by atoms with Gasteiger partial charge in [0.1, 0.15) is 34.6 Å². The van der Waals surface area contributed by atoms with Gasteiger partial charge in [-0.1, -0.05) is 243 Å². The lowest BCUT2D eigenvalue weighted by Gasteiger charge is -2.35. The van der Waals surface area contributed by atoms with Crippen LogP contribution < -0.4 is 19.3 Å². The Morgan fingerprint density at radius 3 is 0.880 bits per heavy atom. The Balaban J connectivity index is 0.679. The van der Waals surface area contributed by atoms with Crippen LogP contribution in [0.25, 0.3) is 55.6 Å². The van der Waals surface area contributed by atoms with E-state index >= 15 is 8.78 Å². The molecule has 4 aliphatic rings. The summed E-state index contributed by atoms with van der Waals surface area (Å²) >= 11 is 0. The van der Waals surface area contributed by atoms with E-state index in [1.54, 1.807) is 12.1 Å². The topological polar surface area (TPSA) is 24.9 Å². The average molecular weight is 1390 g/mol. The van der Waals surface area contributed by atoms with E-state index < -0.39 is 10.8 Å². The fourth-order valence-corrected chi connectivity index (χ4v) is 17.5. The van der Waals surface area contributed by atoms with Gasteiger partial charge in [0, 0.05) is 22.7 Å². The summed E-state index contributed by atoms with van der Waals surface area (Å²) < 4.78 is 47.1. The van der Waals surface area contributed by atoms with Crippen LogP contribution in [0.3, 0.4) is 0 Å². The van der Waals surface area contributed by atoms with E-state index in [4.69, 9.17) is 9.47 Å². The largest absolute Gasteiger partial charge is 0.457 e. The van der Waals surface area contributed by atoms with Crippen molar-refractivity contribution < 1.29 is 18.3 Å². The summed E-state index contributed by atoms with van der Waals surface area (Å²) in [6.07, 6.45) is 4.37. The molecule has 0 aliphatic heterocycles. The number of ether oxygens (including phenoxy) is 2. The summed E-state index contributed by atoms with van der Waals surface area (Å²) in [5, 5.41) is 0. The number of anilines is 6. The van der Waals surface area contributed by atoms with Crippen molar-refractivity contribution in [2.24, 2.45) is 0 Å². The molecule has 0 bridgehead atoms. The van der Waals surface area contributed by atoms with Crippen LogP contribution >= 0.6 is 0 Å². The van der Waals surface area contributed by atoms with Gasteiger partial charge in [0.05, 0.1) is 22.2 Å². The van der Waals surface area contributed by atoms with Crippen LogP contribution in [0.2, 0.25) is 0 Å². The Morgan fingerprint density at radius 2 is 0.519 bits per heavy atom.